The fourth-order valence-corrected chi connectivity index (χ4v) is 6.68. The highest BCUT2D eigenvalue weighted by molar-refractivity contribution is 7.94. The number of hydrogen-bond acceptors (Lipinski definition) is 8. The van der Waals surface area contributed by atoms with Crippen molar-refractivity contribution < 1.29 is 27.5 Å². The van der Waals surface area contributed by atoms with E-state index in [4.69, 9.17) is 9.47 Å². The molecule has 0 fully saturated rings. The van der Waals surface area contributed by atoms with Crippen LogP contribution in [0.3, 0.4) is 0 Å². The summed E-state index contributed by atoms with van der Waals surface area (Å²) in [6, 6.07) is 8.60. The van der Waals surface area contributed by atoms with Crippen molar-refractivity contribution in [3.63, 3.8) is 0 Å². The summed E-state index contributed by atoms with van der Waals surface area (Å²) >= 11 is 1.04. The maximum absolute atomic E-state index is 13.6. The van der Waals surface area contributed by atoms with Crippen molar-refractivity contribution in [2.24, 2.45) is 5.92 Å². The second-order valence-electron chi connectivity index (χ2n) is 9.05. The van der Waals surface area contributed by atoms with Crippen LogP contribution in [0.25, 0.3) is 0 Å². The van der Waals surface area contributed by atoms with Crippen molar-refractivity contribution in [2.75, 3.05) is 18.0 Å². The zero-order valence-corrected chi connectivity index (χ0v) is 22.2. The van der Waals surface area contributed by atoms with Crippen LogP contribution in [0.1, 0.15) is 57.7 Å². The molecule has 0 unspecified atom stereocenters. The molecule has 0 aliphatic heterocycles. The predicted octanol–water partition coefficient (Wildman–Crippen LogP) is 4.80. The summed E-state index contributed by atoms with van der Waals surface area (Å²) in [7, 11) is -2.64. The molecule has 0 atom stereocenters. The number of rotatable bonds is 9. The standard InChI is InChI=1S/C26H28N2O6S2/c1-16(2)14-28(36(31,32)26-27-9-10-35-26)22-13-21-18(7-8-23(21)29)12-24(22)34-15-20-6-5-19(11-17(20)3)25(30)33-4/h5-6,9-13,16H,7-8,14-15H2,1-4H3. The molecule has 0 N–H and O–H groups in total. The molecule has 0 bridgehead atoms. The van der Waals surface area contributed by atoms with Crippen molar-refractivity contribution in [1.29, 1.82) is 0 Å². The van der Waals surface area contributed by atoms with Gasteiger partial charge in [0.25, 0.3) is 10.0 Å². The number of hydrogen-bond donors (Lipinski definition) is 0. The Morgan fingerprint density at radius 1 is 1.19 bits per heavy atom. The summed E-state index contributed by atoms with van der Waals surface area (Å²) in [5.74, 6) is -0.0543. The molecule has 4 rings (SSSR count). The minimum atomic E-state index is -3.97. The van der Waals surface area contributed by atoms with Gasteiger partial charge in [-0.2, -0.15) is 8.42 Å². The SMILES string of the molecule is COC(=O)c1ccc(COc2cc3c(cc2N(CC(C)C)S(=O)(=O)c2nccs2)C(=O)CC3)c(C)c1. The largest absolute Gasteiger partial charge is 0.487 e. The number of anilines is 1. The Morgan fingerprint density at radius 2 is 1.97 bits per heavy atom. The molecule has 0 spiro atoms. The lowest BCUT2D eigenvalue weighted by atomic mass is 10.1. The molecule has 1 heterocycles. The average molecular weight is 529 g/mol. The summed E-state index contributed by atoms with van der Waals surface area (Å²) < 4.78 is 39.5. The highest BCUT2D eigenvalue weighted by Crippen LogP contribution is 2.39. The normalized spacial score (nSPS) is 13.1. The van der Waals surface area contributed by atoms with E-state index in [0.717, 1.165) is 28.0 Å². The van der Waals surface area contributed by atoms with Gasteiger partial charge in [-0.1, -0.05) is 19.9 Å². The van der Waals surface area contributed by atoms with Gasteiger partial charge in [0.15, 0.2) is 5.78 Å². The number of Topliss-reactive ketones (excluding diaryl/α,β-unsaturated/α-hetero) is 1. The third kappa shape index (κ3) is 5.15. The molecule has 8 nitrogen and oxygen atoms in total. The van der Waals surface area contributed by atoms with Crippen LogP contribution in [0.15, 0.2) is 46.2 Å². The van der Waals surface area contributed by atoms with Crippen molar-refractivity contribution in [2.45, 2.75) is 44.6 Å². The minimum absolute atomic E-state index is 0.00431. The molecule has 10 heteroatoms. The van der Waals surface area contributed by atoms with Gasteiger partial charge in [0, 0.05) is 30.1 Å². The van der Waals surface area contributed by atoms with Crippen LogP contribution in [0.2, 0.25) is 0 Å². The Bertz CT molecular complexity index is 1400. The summed E-state index contributed by atoms with van der Waals surface area (Å²) in [4.78, 5) is 28.4. The molecule has 36 heavy (non-hydrogen) atoms. The number of esters is 1. The van der Waals surface area contributed by atoms with E-state index in [1.807, 2.05) is 20.8 Å². The molecule has 1 aromatic heterocycles. The second-order valence-corrected chi connectivity index (χ2v) is 12.0. The van der Waals surface area contributed by atoms with Crippen molar-refractivity contribution in [1.82, 2.24) is 4.98 Å². The average Bonchev–Trinajstić information content (AvgIpc) is 3.51. The molecule has 0 saturated carbocycles. The number of ether oxygens (including phenoxy) is 2. The van der Waals surface area contributed by atoms with E-state index in [1.165, 1.54) is 17.6 Å². The number of carbonyl (C=O) groups excluding carboxylic acids is 2. The first kappa shape index (κ1) is 25.8. The van der Waals surface area contributed by atoms with Crippen LogP contribution in [0.4, 0.5) is 5.69 Å². The Labute approximate surface area is 214 Å². The highest BCUT2D eigenvalue weighted by atomic mass is 32.2. The monoisotopic (exact) mass is 528 g/mol. The smallest absolute Gasteiger partial charge is 0.337 e. The fraction of sp³-hybridized carbons (Fsp3) is 0.346. The molecule has 1 aliphatic rings. The van der Waals surface area contributed by atoms with Crippen molar-refractivity contribution >= 4 is 38.8 Å². The summed E-state index contributed by atoms with van der Waals surface area (Å²) in [5, 5.41) is 1.62. The number of methoxy groups -OCH3 is 1. The number of nitrogens with zero attached hydrogens (tertiary/aromatic N) is 2. The van der Waals surface area contributed by atoms with Gasteiger partial charge in [-0.25, -0.2) is 9.78 Å². The number of carbonyl (C=O) groups is 2. The third-order valence-corrected chi connectivity index (χ3v) is 8.93. The zero-order valence-electron chi connectivity index (χ0n) is 20.6. The molecule has 1 aliphatic carbocycles. The number of aryl methyl sites for hydroxylation is 2. The Kier molecular flexibility index (Phi) is 7.46. The molecule has 0 radical (unpaired) electrons. The predicted molar refractivity (Wildman–Crippen MR) is 137 cm³/mol. The van der Waals surface area contributed by atoms with Gasteiger partial charge in [-0.3, -0.25) is 9.10 Å². The van der Waals surface area contributed by atoms with E-state index >= 15 is 0 Å². The number of aromatic nitrogens is 1. The Morgan fingerprint density at radius 3 is 2.61 bits per heavy atom. The highest BCUT2D eigenvalue weighted by Gasteiger charge is 2.33. The Balaban J connectivity index is 1.75. The van der Waals surface area contributed by atoms with Crippen LogP contribution in [-0.4, -0.2) is 38.8 Å². The first-order chi connectivity index (χ1) is 17.1. The van der Waals surface area contributed by atoms with Crippen molar-refractivity contribution in [3.8, 4) is 5.75 Å². The first-order valence-corrected chi connectivity index (χ1v) is 13.9. The molecule has 2 aromatic carbocycles. The maximum Gasteiger partial charge on any atom is 0.337 e. The number of sulfonamides is 1. The van der Waals surface area contributed by atoms with E-state index in [2.05, 4.69) is 4.98 Å². The number of ketones is 1. The second kappa shape index (κ2) is 10.4. The molecule has 0 amide bonds. The van der Waals surface area contributed by atoms with E-state index in [9.17, 15) is 18.0 Å². The topological polar surface area (TPSA) is 103 Å². The van der Waals surface area contributed by atoms with Gasteiger partial charge in [-0.15, -0.1) is 11.3 Å². The molecule has 3 aromatic rings. The summed E-state index contributed by atoms with van der Waals surface area (Å²) in [6.45, 7) is 6.06. The van der Waals surface area contributed by atoms with E-state index < -0.39 is 16.0 Å². The van der Waals surface area contributed by atoms with E-state index in [-0.39, 0.29) is 29.2 Å². The van der Waals surface area contributed by atoms with Crippen LogP contribution >= 0.6 is 11.3 Å². The van der Waals surface area contributed by atoms with Gasteiger partial charge < -0.3 is 9.47 Å². The van der Waals surface area contributed by atoms with Crippen LogP contribution < -0.4 is 9.04 Å². The maximum atomic E-state index is 13.6. The third-order valence-electron chi connectivity index (χ3n) is 5.97. The molecular formula is C26H28N2O6S2. The lowest BCUT2D eigenvalue weighted by Gasteiger charge is -2.27. The zero-order chi connectivity index (χ0) is 26.0. The van der Waals surface area contributed by atoms with Gasteiger partial charge in [0.2, 0.25) is 4.34 Å². The summed E-state index contributed by atoms with van der Waals surface area (Å²) in [5.41, 5.74) is 3.80. The van der Waals surface area contributed by atoms with Gasteiger partial charge in [0.1, 0.15) is 12.4 Å². The van der Waals surface area contributed by atoms with Crippen LogP contribution in [0.5, 0.6) is 5.75 Å². The quantitative estimate of drug-likeness (QED) is 0.368. The number of benzene rings is 2. The van der Waals surface area contributed by atoms with Gasteiger partial charge >= 0.3 is 5.97 Å². The van der Waals surface area contributed by atoms with E-state index in [1.54, 1.807) is 35.7 Å². The minimum Gasteiger partial charge on any atom is -0.487 e. The number of thiazole rings is 1. The molecule has 190 valence electrons. The fourth-order valence-electron chi connectivity index (χ4n) is 4.12. The molecular weight excluding hydrogens is 500 g/mol. The van der Waals surface area contributed by atoms with E-state index in [0.29, 0.717) is 35.4 Å². The lowest BCUT2D eigenvalue weighted by Crippen LogP contribution is -2.34. The summed E-state index contributed by atoms with van der Waals surface area (Å²) in [6.07, 6.45) is 2.42. The van der Waals surface area contributed by atoms with Gasteiger partial charge in [-0.05, 0) is 60.2 Å². The Hall–Kier alpha value is -3.24. The molecule has 0 saturated heterocycles. The van der Waals surface area contributed by atoms with Crippen LogP contribution in [0, 0.1) is 12.8 Å². The lowest BCUT2D eigenvalue weighted by molar-refractivity contribution is 0.0600. The van der Waals surface area contributed by atoms with Crippen molar-refractivity contribution in [3.05, 3.63) is 69.7 Å². The van der Waals surface area contributed by atoms with Gasteiger partial charge in [0.05, 0.1) is 18.4 Å². The first-order valence-electron chi connectivity index (χ1n) is 11.5. The van der Waals surface area contributed by atoms with Crippen LogP contribution in [-0.2, 0) is 27.8 Å². The number of fused-ring (bicyclic) bond motifs is 1.